The minimum atomic E-state index is -0.133. The van der Waals surface area contributed by atoms with Crippen molar-refractivity contribution in [1.82, 2.24) is 25.1 Å². The molecule has 0 unspecified atom stereocenters. The number of nitrogens with one attached hydrogen (secondary N) is 1. The fraction of sp³-hybridized carbons (Fsp3) is 0.304. The molecule has 1 aromatic carbocycles. The first-order chi connectivity index (χ1) is 14.5. The molecule has 0 aliphatic rings. The van der Waals surface area contributed by atoms with Gasteiger partial charge in [-0.15, -0.1) is 0 Å². The van der Waals surface area contributed by atoms with Gasteiger partial charge in [-0.3, -0.25) is 9.78 Å². The molecule has 0 radical (unpaired) electrons. The van der Waals surface area contributed by atoms with E-state index in [4.69, 9.17) is 4.74 Å². The van der Waals surface area contributed by atoms with E-state index < -0.39 is 0 Å². The van der Waals surface area contributed by atoms with Crippen molar-refractivity contribution in [2.75, 3.05) is 13.2 Å². The first-order valence-electron chi connectivity index (χ1n) is 10.1. The summed E-state index contributed by atoms with van der Waals surface area (Å²) in [6.45, 7) is 6.97. The molecule has 0 fully saturated rings. The number of aryl methyl sites for hydroxylation is 1. The molecule has 0 bridgehead atoms. The fourth-order valence-corrected chi connectivity index (χ4v) is 3.42. The molecular formula is C23H25N5O2. The second kappa shape index (κ2) is 8.49. The average molecular weight is 403 g/mol. The van der Waals surface area contributed by atoms with Crippen molar-refractivity contribution >= 4 is 27.8 Å². The van der Waals surface area contributed by atoms with Gasteiger partial charge >= 0.3 is 0 Å². The molecule has 0 saturated heterocycles. The Morgan fingerprint density at radius 1 is 1.20 bits per heavy atom. The number of carbonyl (C=O) groups excluding carboxylic acids is 1. The second-order valence-corrected chi connectivity index (χ2v) is 7.51. The SMILES string of the molecule is Cc1nc2c(cnn2C(C)C)cc1C(=O)NCCCOc1cccc2cccnc12. The summed E-state index contributed by atoms with van der Waals surface area (Å²) in [5.74, 6) is 0.623. The number of hydrogen-bond acceptors (Lipinski definition) is 5. The molecule has 7 heteroatoms. The van der Waals surface area contributed by atoms with Gasteiger partial charge in [-0.1, -0.05) is 18.2 Å². The van der Waals surface area contributed by atoms with Gasteiger partial charge in [0.25, 0.3) is 5.91 Å². The van der Waals surface area contributed by atoms with Crippen molar-refractivity contribution in [2.45, 2.75) is 33.2 Å². The zero-order valence-electron chi connectivity index (χ0n) is 17.4. The van der Waals surface area contributed by atoms with Crippen LogP contribution in [0.15, 0.2) is 48.8 Å². The van der Waals surface area contributed by atoms with E-state index in [0.29, 0.717) is 30.8 Å². The number of carbonyl (C=O) groups is 1. The van der Waals surface area contributed by atoms with Gasteiger partial charge in [-0.05, 0) is 45.4 Å². The van der Waals surface area contributed by atoms with Crippen molar-refractivity contribution < 1.29 is 9.53 Å². The Hall–Kier alpha value is -3.48. The number of aromatic nitrogens is 4. The van der Waals surface area contributed by atoms with Gasteiger partial charge < -0.3 is 10.1 Å². The van der Waals surface area contributed by atoms with Crippen LogP contribution in [0.4, 0.5) is 0 Å². The van der Waals surface area contributed by atoms with E-state index in [1.54, 1.807) is 12.4 Å². The minimum Gasteiger partial charge on any atom is -0.491 e. The summed E-state index contributed by atoms with van der Waals surface area (Å²) in [6, 6.07) is 11.9. The first kappa shape index (κ1) is 19.8. The molecule has 154 valence electrons. The van der Waals surface area contributed by atoms with Crippen molar-refractivity contribution in [1.29, 1.82) is 0 Å². The molecule has 1 N–H and O–H groups in total. The molecule has 30 heavy (non-hydrogen) atoms. The molecule has 3 heterocycles. The lowest BCUT2D eigenvalue weighted by Crippen LogP contribution is -2.26. The van der Waals surface area contributed by atoms with E-state index in [1.807, 2.05) is 48.0 Å². The predicted molar refractivity (Wildman–Crippen MR) is 117 cm³/mol. The van der Waals surface area contributed by atoms with Crippen LogP contribution in [0.2, 0.25) is 0 Å². The number of amides is 1. The van der Waals surface area contributed by atoms with E-state index in [0.717, 1.165) is 27.7 Å². The van der Waals surface area contributed by atoms with E-state index in [1.165, 1.54) is 0 Å². The number of fused-ring (bicyclic) bond motifs is 2. The Kier molecular flexibility index (Phi) is 5.61. The number of para-hydroxylation sites is 1. The Bertz CT molecular complexity index is 1190. The summed E-state index contributed by atoms with van der Waals surface area (Å²) in [6.07, 6.45) is 4.20. The van der Waals surface area contributed by atoms with Gasteiger partial charge in [0, 0.05) is 29.6 Å². The Morgan fingerprint density at radius 2 is 2.03 bits per heavy atom. The topological polar surface area (TPSA) is 81.9 Å². The van der Waals surface area contributed by atoms with Crippen LogP contribution < -0.4 is 10.1 Å². The standard InChI is InChI=1S/C23H25N5O2/c1-15(2)28-22-18(14-26-28)13-19(16(3)27-22)23(29)25-11-6-12-30-20-9-4-7-17-8-5-10-24-21(17)20/h4-5,7-10,13-15H,6,11-12H2,1-3H3,(H,25,29). The third-order valence-electron chi connectivity index (χ3n) is 4.95. The maximum atomic E-state index is 12.6. The van der Waals surface area contributed by atoms with Crippen LogP contribution in [-0.4, -0.2) is 38.8 Å². The summed E-state index contributed by atoms with van der Waals surface area (Å²) in [4.78, 5) is 21.6. The summed E-state index contributed by atoms with van der Waals surface area (Å²) in [7, 11) is 0. The summed E-state index contributed by atoms with van der Waals surface area (Å²) >= 11 is 0. The van der Waals surface area contributed by atoms with Gasteiger partial charge in [-0.2, -0.15) is 5.10 Å². The molecule has 4 aromatic rings. The van der Waals surface area contributed by atoms with Gasteiger partial charge in [0.15, 0.2) is 5.65 Å². The maximum Gasteiger partial charge on any atom is 0.253 e. The lowest BCUT2D eigenvalue weighted by Gasteiger charge is -2.11. The highest BCUT2D eigenvalue weighted by Crippen LogP contribution is 2.23. The van der Waals surface area contributed by atoms with Gasteiger partial charge in [0.1, 0.15) is 11.3 Å². The summed E-state index contributed by atoms with van der Waals surface area (Å²) in [5, 5.41) is 9.24. The van der Waals surface area contributed by atoms with Crippen molar-refractivity contribution in [3.63, 3.8) is 0 Å². The monoisotopic (exact) mass is 403 g/mol. The highest BCUT2D eigenvalue weighted by atomic mass is 16.5. The summed E-state index contributed by atoms with van der Waals surface area (Å²) < 4.78 is 7.74. The molecule has 0 atom stereocenters. The van der Waals surface area contributed by atoms with Crippen molar-refractivity contribution in [3.8, 4) is 5.75 Å². The predicted octanol–water partition coefficient (Wildman–Crippen LogP) is 4.07. The number of hydrogen-bond donors (Lipinski definition) is 1. The normalized spacial score (nSPS) is 11.3. The average Bonchev–Trinajstić information content (AvgIpc) is 3.15. The van der Waals surface area contributed by atoms with Gasteiger partial charge in [0.2, 0.25) is 0 Å². The quantitative estimate of drug-likeness (QED) is 0.471. The van der Waals surface area contributed by atoms with Crippen LogP contribution in [0.5, 0.6) is 5.75 Å². The van der Waals surface area contributed by atoms with Crippen LogP contribution >= 0.6 is 0 Å². The highest BCUT2D eigenvalue weighted by Gasteiger charge is 2.15. The summed E-state index contributed by atoms with van der Waals surface area (Å²) in [5.41, 5.74) is 2.92. The maximum absolute atomic E-state index is 12.6. The van der Waals surface area contributed by atoms with Gasteiger partial charge in [0.05, 0.1) is 24.1 Å². The zero-order chi connectivity index (χ0) is 21.1. The van der Waals surface area contributed by atoms with Gasteiger partial charge in [-0.25, -0.2) is 9.67 Å². The molecule has 0 spiro atoms. The third-order valence-corrected chi connectivity index (χ3v) is 4.95. The number of benzene rings is 1. The van der Waals surface area contributed by atoms with Crippen LogP contribution in [0, 0.1) is 6.92 Å². The lowest BCUT2D eigenvalue weighted by atomic mass is 10.1. The number of pyridine rings is 2. The smallest absolute Gasteiger partial charge is 0.253 e. The Balaban J connectivity index is 1.34. The highest BCUT2D eigenvalue weighted by molar-refractivity contribution is 5.98. The van der Waals surface area contributed by atoms with Crippen LogP contribution in [0.3, 0.4) is 0 Å². The molecule has 3 aromatic heterocycles. The van der Waals surface area contributed by atoms with E-state index >= 15 is 0 Å². The molecule has 7 nitrogen and oxygen atoms in total. The molecular weight excluding hydrogens is 378 g/mol. The lowest BCUT2D eigenvalue weighted by molar-refractivity contribution is 0.0950. The van der Waals surface area contributed by atoms with Crippen molar-refractivity contribution in [3.05, 3.63) is 60.0 Å². The fourth-order valence-electron chi connectivity index (χ4n) is 3.42. The molecule has 0 aliphatic heterocycles. The van der Waals surface area contributed by atoms with Crippen molar-refractivity contribution in [2.24, 2.45) is 0 Å². The zero-order valence-corrected chi connectivity index (χ0v) is 17.4. The van der Waals surface area contributed by atoms with E-state index in [9.17, 15) is 4.79 Å². The molecule has 0 saturated carbocycles. The van der Waals surface area contributed by atoms with E-state index in [2.05, 4.69) is 34.2 Å². The Morgan fingerprint density at radius 3 is 2.87 bits per heavy atom. The molecule has 0 aliphatic carbocycles. The minimum absolute atomic E-state index is 0.133. The van der Waals surface area contributed by atoms with Crippen LogP contribution in [0.25, 0.3) is 21.9 Å². The van der Waals surface area contributed by atoms with E-state index in [-0.39, 0.29) is 11.9 Å². The van der Waals surface area contributed by atoms with Crippen LogP contribution in [-0.2, 0) is 0 Å². The second-order valence-electron chi connectivity index (χ2n) is 7.51. The first-order valence-corrected chi connectivity index (χ1v) is 10.1. The largest absolute Gasteiger partial charge is 0.491 e. The number of rotatable bonds is 7. The molecule has 4 rings (SSSR count). The Labute approximate surface area is 175 Å². The number of ether oxygens (including phenoxy) is 1. The number of nitrogens with zero attached hydrogens (tertiary/aromatic N) is 4. The third kappa shape index (κ3) is 3.96. The molecule has 1 amide bonds. The van der Waals surface area contributed by atoms with Crippen LogP contribution in [0.1, 0.15) is 42.4 Å².